The number of benzene rings is 1. The molecule has 2 heteroatoms. The molecule has 3 unspecified atom stereocenters. The summed E-state index contributed by atoms with van der Waals surface area (Å²) >= 11 is 0. The van der Waals surface area contributed by atoms with Crippen molar-refractivity contribution in [2.24, 2.45) is 11.8 Å². The molecule has 1 saturated carbocycles. The molecule has 0 aromatic heterocycles. The largest absolute Gasteiger partial charge is 0.310 e. The Morgan fingerprint density at radius 2 is 1.86 bits per heavy atom. The maximum atomic E-state index is 12.7. The molecule has 0 amide bonds. The third kappa shape index (κ3) is 1.44. The molecule has 2 fully saturated rings. The van der Waals surface area contributed by atoms with Crippen LogP contribution in [0.2, 0.25) is 0 Å². The standard InChI is InChI=1S/C12H14FN/c13-11-3-1-8(2-4-11)12-6-9-5-10(9)7-14-12/h1-4,9-10,12,14H,5-7H2. The third-order valence-corrected chi connectivity index (χ3v) is 3.51. The van der Waals surface area contributed by atoms with Crippen LogP contribution in [-0.2, 0) is 0 Å². The molecule has 2 aliphatic rings. The van der Waals surface area contributed by atoms with E-state index in [1.54, 1.807) is 12.1 Å². The van der Waals surface area contributed by atoms with Crippen LogP contribution in [0.1, 0.15) is 24.4 Å². The van der Waals surface area contributed by atoms with E-state index in [-0.39, 0.29) is 5.82 Å². The average Bonchev–Trinajstić information content (AvgIpc) is 2.96. The second-order valence-electron chi connectivity index (χ2n) is 4.50. The molecule has 3 rings (SSSR count). The van der Waals surface area contributed by atoms with Crippen LogP contribution in [0.25, 0.3) is 0 Å². The SMILES string of the molecule is Fc1ccc(C2CC3CC3CN2)cc1. The lowest BCUT2D eigenvalue weighted by atomic mass is 9.97. The van der Waals surface area contributed by atoms with E-state index in [1.165, 1.54) is 18.4 Å². The molecule has 1 N–H and O–H groups in total. The fourth-order valence-corrected chi connectivity index (χ4v) is 2.48. The molecule has 1 aromatic carbocycles. The minimum Gasteiger partial charge on any atom is -0.310 e. The van der Waals surface area contributed by atoms with E-state index in [4.69, 9.17) is 0 Å². The Bertz CT molecular complexity index is 333. The highest BCUT2D eigenvalue weighted by molar-refractivity contribution is 5.21. The summed E-state index contributed by atoms with van der Waals surface area (Å²) in [5.74, 6) is 1.73. The summed E-state index contributed by atoms with van der Waals surface area (Å²) in [6.07, 6.45) is 2.63. The van der Waals surface area contributed by atoms with Crippen molar-refractivity contribution in [3.8, 4) is 0 Å². The van der Waals surface area contributed by atoms with Crippen LogP contribution < -0.4 is 5.32 Å². The molecular weight excluding hydrogens is 177 g/mol. The Balaban J connectivity index is 1.77. The fraction of sp³-hybridized carbons (Fsp3) is 0.500. The molecule has 1 aliphatic heterocycles. The number of halogens is 1. The van der Waals surface area contributed by atoms with E-state index in [0.717, 1.165) is 18.4 Å². The van der Waals surface area contributed by atoms with E-state index < -0.39 is 0 Å². The maximum absolute atomic E-state index is 12.7. The quantitative estimate of drug-likeness (QED) is 0.719. The zero-order valence-electron chi connectivity index (χ0n) is 8.04. The van der Waals surface area contributed by atoms with Crippen LogP contribution in [0, 0.1) is 17.7 Å². The van der Waals surface area contributed by atoms with Crippen LogP contribution >= 0.6 is 0 Å². The molecule has 1 aromatic rings. The minimum atomic E-state index is -0.145. The van der Waals surface area contributed by atoms with E-state index >= 15 is 0 Å². The molecule has 0 radical (unpaired) electrons. The molecule has 0 spiro atoms. The van der Waals surface area contributed by atoms with E-state index in [0.29, 0.717) is 6.04 Å². The Morgan fingerprint density at radius 3 is 2.57 bits per heavy atom. The zero-order chi connectivity index (χ0) is 9.54. The minimum absolute atomic E-state index is 0.145. The zero-order valence-corrected chi connectivity index (χ0v) is 8.04. The van der Waals surface area contributed by atoms with Crippen LogP contribution in [0.15, 0.2) is 24.3 Å². The van der Waals surface area contributed by atoms with E-state index in [2.05, 4.69) is 5.32 Å². The topological polar surface area (TPSA) is 12.0 Å². The Hall–Kier alpha value is -0.890. The second-order valence-corrected chi connectivity index (χ2v) is 4.50. The molecule has 1 nitrogen and oxygen atoms in total. The Labute approximate surface area is 83.3 Å². The van der Waals surface area contributed by atoms with Crippen molar-refractivity contribution in [2.45, 2.75) is 18.9 Å². The first-order valence-electron chi connectivity index (χ1n) is 5.32. The van der Waals surface area contributed by atoms with Gasteiger partial charge in [-0.05, 0) is 48.9 Å². The molecule has 74 valence electrons. The summed E-state index contributed by atoms with van der Waals surface area (Å²) in [4.78, 5) is 0. The summed E-state index contributed by atoms with van der Waals surface area (Å²) < 4.78 is 12.7. The van der Waals surface area contributed by atoms with Gasteiger partial charge in [0.25, 0.3) is 0 Å². The lowest BCUT2D eigenvalue weighted by Crippen LogP contribution is -2.28. The molecule has 14 heavy (non-hydrogen) atoms. The monoisotopic (exact) mass is 191 g/mol. The van der Waals surface area contributed by atoms with Gasteiger partial charge in [-0.25, -0.2) is 4.39 Å². The van der Waals surface area contributed by atoms with Crippen molar-refractivity contribution in [1.82, 2.24) is 5.32 Å². The number of nitrogens with one attached hydrogen (secondary N) is 1. The van der Waals surface area contributed by atoms with Gasteiger partial charge in [-0.2, -0.15) is 0 Å². The predicted octanol–water partition coefficient (Wildman–Crippen LogP) is 2.50. The second kappa shape index (κ2) is 3.06. The number of fused-ring (bicyclic) bond motifs is 1. The summed E-state index contributed by atoms with van der Waals surface area (Å²) in [5, 5.41) is 3.52. The number of piperidine rings is 1. The van der Waals surface area contributed by atoms with E-state index in [9.17, 15) is 4.39 Å². The van der Waals surface area contributed by atoms with Gasteiger partial charge in [0, 0.05) is 6.04 Å². The molecule has 1 heterocycles. The molecule has 1 saturated heterocycles. The van der Waals surface area contributed by atoms with Gasteiger partial charge in [0.05, 0.1) is 0 Å². The number of rotatable bonds is 1. The van der Waals surface area contributed by atoms with Crippen molar-refractivity contribution in [2.75, 3.05) is 6.54 Å². The van der Waals surface area contributed by atoms with Gasteiger partial charge in [0.15, 0.2) is 0 Å². The van der Waals surface area contributed by atoms with Crippen molar-refractivity contribution in [3.05, 3.63) is 35.6 Å². The highest BCUT2D eigenvalue weighted by atomic mass is 19.1. The summed E-state index contributed by atoms with van der Waals surface area (Å²) in [6, 6.07) is 7.36. The highest BCUT2D eigenvalue weighted by Crippen LogP contribution is 2.47. The Kier molecular flexibility index (Phi) is 1.84. The summed E-state index contributed by atoms with van der Waals surface area (Å²) in [5.41, 5.74) is 1.23. The van der Waals surface area contributed by atoms with Gasteiger partial charge in [-0.3, -0.25) is 0 Å². The molecule has 3 atom stereocenters. The van der Waals surface area contributed by atoms with Crippen LogP contribution in [0.3, 0.4) is 0 Å². The number of hydrogen-bond donors (Lipinski definition) is 1. The normalized spacial score (nSPS) is 35.1. The first-order valence-corrected chi connectivity index (χ1v) is 5.32. The van der Waals surface area contributed by atoms with Gasteiger partial charge in [-0.15, -0.1) is 0 Å². The lowest BCUT2D eigenvalue weighted by Gasteiger charge is -2.23. The van der Waals surface area contributed by atoms with Crippen molar-refractivity contribution < 1.29 is 4.39 Å². The fourth-order valence-electron chi connectivity index (χ4n) is 2.48. The maximum Gasteiger partial charge on any atom is 0.123 e. The first kappa shape index (κ1) is 8.42. The lowest BCUT2D eigenvalue weighted by molar-refractivity contribution is 0.395. The van der Waals surface area contributed by atoms with Crippen LogP contribution in [0.5, 0.6) is 0 Å². The van der Waals surface area contributed by atoms with Crippen molar-refractivity contribution in [3.63, 3.8) is 0 Å². The smallest absolute Gasteiger partial charge is 0.123 e. The van der Waals surface area contributed by atoms with Gasteiger partial charge in [-0.1, -0.05) is 12.1 Å². The molecular formula is C12H14FN. The van der Waals surface area contributed by atoms with E-state index in [1.807, 2.05) is 12.1 Å². The van der Waals surface area contributed by atoms with Gasteiger partial charge >= 0.3 is 0 Å². The van der Waals surface area contributed by atoms with Gasteiger partial charge in [0.2, 0.25) is 0 Å². The van der Waals surface area contributed by atoms with Gasteiger partial charge < -0.3 is 5.32 Å². The summed E-state index contributed by atoms with van der Waals surface area (Å²) in [6.45, 7) is 1.15. The van der Waals surface area contributed by atoms with Crippen LogP contribution in [-0.4, -0.2) is 6.54 Å². The van der Waals surface area contributed by atoms with Crippen molar-refractivity contribution >= 4 is 0 Å². The molecule has 1 aliphatic carbocycles. The average molecular weight is 191 g/mol. The molecule has 0 bridgehead atoms. The first-order chi connectivity index (χ1) is 6.83. The highest BCUT2D eigenvalue weighted by Gasteiger charge is 2.42. The Morgan fingerprint density at radius 1 is 1.07 bits per heavy atom. The van der Waals surface area contributed by atoms with Crippen molar-refractivity contribution in [1.29, 1.82) is 0 Å². The summed E-state index contributed by atoms with van der Waals surface area (Å²) in [7, 11) is 0. The number of hydrogen-bond acceptors (Lipinski definition) is 1. The third-order valence-electron chi connectivity index (χ3n) is 3.51. The van der Waals surface area contributed by atoms with Crippen LogP contribution in [0.4, 0.5) is 4.39 Å². The predicted molar refractivity (Wildman–Crippen MR) is 53.4 cm³/mol. The van der Waals surface area contributed by atoms with Gasteiger partial charge in [0.1, 0.15) is 5.82 Å².